The third kappa shape index (κ3) is 2.60. The van der Waals surface area contributed by atoms with Crippen LogP contribution in [-0.4, -0.2) is 70.8 Å². The summed E-state index contributed by atoms with van der Waals surface area (Å²) in [6.45, 7) is -0.531. The lowest BCUT2D eigenvalue weighted by Gasteiger charge is -2.39. The summed E-state index contributed by atoms with van der Waals surface area (Å²) in [4.78, 5) is 11.0. The molecule has 8 nitrogen and oxygen atoms in total. The molecular formula is C8H16N2O6. The van der Waals surface area contributed by atoms with Gasteiger partial charge in [0, 0.05) is 7.05 Å². The molecule has 5 atom stereocenters. The Hall–Kier alpha value is -0.930. The summed E-state index contributed by atoms with van der Waals surface area (Å²) in [5, 5.41) is 41.7. The van der Waals surface area contributed by atoms with Crippen molar-refractivity contribution in [2.75, 3.05) is 13.7 Å². The number of amides is 2. The van der Waals surface area contributed by atoms with Gasteiger partial charge in [-0.1, -0.05) is 0 Å². The Kier molecular flexibility index (Phi) is 4.44. The molecule has 16 heavy (non-hydrogen) atoms. The number of carbonyl (C=O) groups is 1. The van der Waals surface area contributed by atoms with Crippen molar-refractivity contribution in [3.63, 3.8) is 0 Å². The van der Waals surface area contributed by atoms with Crippen LogP contribution in [0.3, 0.4) is 0 Å². The predicted molar refractivity (Wildman–Crippen MR) is 51.4 cm³/mol. The predicted octanol–water partition coefficient (Wildman–Crippen LogP) is -3.28. The fourth-order valence-electron chi connectivity index (χ4n) is 1.42. The number of ether oxygens (including phenoxy) is 1. The van der Waals surface area contributed by atoms with Crippen molar-refractivity contribution in [2.24, 2.45) is 0 Å². The minimum atomic E-state index is -1.49. The van der Waals surface area contributed by atoms with Crippen molar-refractivity contribution in [2.45, 2.75) is 30.6 Å². The molecule has 0 saturated carbocycles. The number of hydrogen-bond acceptors (Lipinski definition) is 6. The van der Waals surface area contributed by atoms with Crippen LogP contribution in [0.15, 0.2) is 0 Å². The van der Waals surface area contributed by atoms with E-state index in [2.05, 4.69) is 10.6 Å². The zero-order valence-corrected chi connectivity index (χ0v) is 8.70. The first-order valence-corrected chi connectivity index (χ1v) is 4.80. The van der Waals surface area contributed by atoms with E-state index >= 15 is 0 Å². The molecule has 1 fully saturated rings. The molecule has 1 heterocycles. The van der Waals surface area contributed by atoms with Gasteiger partial charge in [0.15, 0.2) is 6.23 Å². The molecule has 0 radical (unpaired) electrons. The van der Waals surface area contributed by atoms with Crippen molar-refractivity contribution >= 4 is 6.03 Å². The lowest BCUT2D eigenvalue weighted by Crippen LogP contribution is -2.63. The number of rotatable bonds is 2. The van der Waals surface area contributed by atoms with E-state index in [-0.39, 0.29) is 0 Å². The number of urea groups is 1. The van der Waals surface area contributed by atoms with Gasteiger partial charge in [-0.05, 0) is 0 Å². The fraction of sp³-hybridized carbons (Fsp3) is 0.875. The van der Waals surface area contributed by atoms with Gasteiger partial charge in [0.2, 0.25) is 0 Å². The van der Waals surface area contributed by atoms with Crippen LogP contribution >= 0.6 is 0 Å². The highest BCUT2D eigenvalue weighted by Gasteiger charge is 2.43. The zero-order valence-electron chi connectivity index (χ0n) is 8.70. The molecule has 1 aliphatic heterocycles. The van der Waals surface area contributed by atoms with E-state index in [9.17, 15) is 20.1 Å². The zero-order chi connectivity index (χ0) is 12.3. The molecule has 1 aliphatic rings. The lowest BCUT2D eigenvalue weighted by atomic mass is 9.98. The molecule has 0 aromatic carbocycles. The molecule has 2 amide bonds. The molecule has 0 spiro atoms. The summed E-state index contributed by atoms with van der Waals surface area (Å²) >= 11 is 0. The van der Waals surface area contributed by atoms with Crippen LogP contribution < -0.4 is 10.6 Å². The highest BCUT2D eigenvalue weighted by atomic mass is 16.6. The molecule has 94 valence electrons. The van der Waals surface area contributed by atoms with Crippen LogP contribution in [0.2, 0.25) is 0 Å². The van der Waals surface area contributed by atoms with Gasteiger partial charge in [-0.25, -0.2) is 4.79 Å². The summed E-state index contributed by atoms with van der Waals surface area (Å²) in [7, 11) is 1.37. The third-order valence-electron chi connectivity index (χ3n) is 2.39. The van der Waals surface area contributed by atoms with E-state index in [0.717, 1.165) is 0 Å². The minimum absolute atomic E-state index is 0.531. The first-order valence-electron chi connectivity index (χ1n) is 4.80. The average Bonchev–Trinajstić information content (AvgIpc) is 2.29. The maximum atomic E-state index is 11.0. The van der Waals surface area contributed by atoms with E-state index < -0.39 is 43.3 Å². The molecule has 8 heteroatoms. The Balaban J connectivity index is 2.67. The Bertz CT molecular complexity index is 249. The molecule has 0 bridgehead atoms. The van der Waals surface area contributed by atoms with Gasteiger partial charge in [-0.15, -0.1) is 0 Å². The second-order valence-electron chi connectivity index (χ2n) is 3.47. The van der Waals surface area contributed by atoms with Gasteiger partial charge in [0.1, 0.15) is 24.4 Å². The molecule has 0 unspecified atom stereocenters. The Labute approximate surface area is 91.8 Å². The van der Waals surface area contributed by atoms with E-state index in [1.807, 2.05) is 0 Å². The molecular weight excluding hydrogens is 220 g/mol. The topological polar surface area (TPSA) is 131 Å². The standard InChI is InChI=1S/C8H16N2O6/c1-9-8(15)10-7-6(14)5(13)4(12)3(2-11)16-7/h3-7,11-14H,2H2,1H3,(H2,9,10,15)/t3-,4+,5-,6+,7-/m1/s1. The third-order valence-corrected chi connectivity index (χ3v) is 2.39. The first-order chi connectivity index (χ1) is 7.51. The van der Waals surface area contributed by atoms with Crippen molar-refractivity contribution in [1.29, 1.82) is 0 Å². The van der Waals surface area contributed by atoms with E-state index in [1.54, 1.807) is 0 Å². The summed E-state index contributed by atoms with van der Waals surface area (Å²) in [6, 6.07) is -0.607. The quantitative estimate of drug-likeness (QED) is 0.298. The maximum absolute atomic E-state index is 11.0. The van der Waals surface area contributed by atoms with Gasteiger partial charge in [0.25, 0.3) is 0 Å². The van der Waals surface area contributed by atoms with Gasteiger partial charge < -0.3 is 35.8 Å². The highest BCUT2D eigenvalue weighted by molar-refractivity contribution is 5.73. The highest BCUT2D eigenvalue weighted by Crippen LogP contribution is 2.19. The number of aliphatic hydroxyl groups excluding tert-OH is 4. The molecule has 6 N–H and O–H groups in total. The Morgan fingerprint density at radius 1 is 1.25 bits per heavy atom. The van der Waals surface area contributed by atoms with Crippen molar-refractivity contribution < 1.29 is 30.0 Å². The minimum Gasteiger partial charge on any atom is -0.394 e. The summed E-state index contributed by atoms with van der Waals surface area (Å²) < 4.78 is 5.02. The van der Waals surface area contributed by atoms with E-state index in [0.29, 0.717) is 0 Å². The smallest absolute Gasteiger partial charge is 0.316 e. The van der Waals surface area contributed by atoms with Crippen LogP contribution in [0.1, 0.15) is 0 Å². The van der Waals surface area contributed by atoms with E-state index in [4.69, 9.17) is 9.84 Å². The summed E-state index contributed by atoms with van der Waals surface area (Å²) in [5.41, 5.74) is 0. The molecule has 1 rings (SSSR count). The number of aliphatic hydroxyl groups is 4. The van der Waals surface area contributed by atoms with Gasteiger partial charge in [-0.2, -0.15) is 0 Å². The van der Waals surface area contributed by atoms with Gasteiger partial charge >= 0.3 is 6.03 Å². The summed E-state index contributed by atoms with van der Waals surface area (Å²) in [6.07, 6.45) is -6.60. The van der Waals surface area contributed by atoms with Crippen molar-refractivity contribution in [3.8, 4) is 0 Å². The van der Waals surface area contributed by atoms with Crippen molar-refractivity contribution in [1.82, 2.24) is 10.6 Å². The summed E-state index contributed by atoms with van der Waals surface area (Å²) in [5.74, 6) is 0. The molecule has 0 aliphatic carbocycles. The average molecular weight is 236 g/mol. The molecule has 1 saturated heterocycles. The van der Waals surface area contributed by atoms with Gasteiger partial charge in [-0.3, -0.25) is 0 Å². The maximum Gasteiger partial charge on any atom is 0.316 e. The molecule has 0 aromatic rings. The van der Waals surface area contributed by atoms with E-state index in [1.165, 1.54) is 7.05 Å². The second-order valence-corrected chi connectivity index (χ2v) is 3.47. The monoisotopic (exact) mass is 236 g/mol. The Morgan fingerprint density at radius 3 is 2.38 bits per heavy atom. The van der Waals surface area contributed by atoms with Crippen LogP contribution in [0.25, 0.3) is 0 Å². The van der Waals surface area contributed by atoms with Crippen LogP contribution in [0, 0.1) is 0 Å². The van der Waals surface area contributed by atoms with Crippen molar-refractivity contribution in [3.05, 3.63) is 0 Å². The van der Waals surface area contributed by atoms with Crippen LogP contribution in [0.4, 0.5) is 4.79 Å². The fourth-order valence-corrected chi connectivity index (χ4v) is 1.42. The largest absolute Gasteiger partial charge is 0.394 e. The van der Waals surface area contributed by atoms with Crippen LogP contribution in [0.5, 0.6) is 0 Å². The SMILES string of the molecule is CNC(=O)N[C@@H]1O[C@H](CO)[C@H](O)[C@@H](O)[C@@H]1O. The first kappa shape index (κ1) is 13.1. The normalized spacial score (nSPS) is 39.2. The molecule has 0 aromatic heterocycles. The van der Waals surface area contributed by atoms with Crippen LogP contribution in [-0.2, 0) is 4.74 Å². The number of hydrogen-bond donors (Lipinski definition) is 6. The number of carbonyl (C=O) groups excluding carboxylic acids is 1. The Morgan fingerprint density at radius 2 is 1.88 bits per heavy atom. The van der Waals surface area contributed by atoms with Gasteiger partial charge in [0.05, 0.1) is 6.61 Å². The lowest BCUT2D eigenvalue weighted by molar-refractivity contribution is -0.233. The second kappa shape index (κ2) is 5.41. The number of nitrogens with one attached hydrogen (secondary N) is 2.